The second kappa shape index (κ2) is 13.0. The minimum Gasteiger partial charge on any atom is -0.493 e. The zero-order valence-corrected chi connectivity index (χ0v) is 16.2. The lowest BCUT2D eigenvalue weighted by Gasteiger charge is -2.17. The molecule has 25 heavy (non-hydrogen) atoms. The first-order valence-electron chi connectivity index (χ1n) is 9.31. The average molecular weight is 354 g/mol. The standard InChI is InChI=1S/C20H35NO4/c1-5-7-8-16(6-2)12-21-13-18(22)15-25-14-17-9-10-19(23-3)20(11-17)24-4/h9-11,16,18,21-22H,5-8,12-15H2,1-4H3/t16-,18+/m0/s1. The number of hydrogen-bond donors (Lipinski definition) is 2. The highest BCUT2D eigenvalue weighted by Gasteiger charge is 2.09. The predicted octanol–water partition coefficient (Wildman–Crippen LogP) is 3.39. The normalized spacial score (nSPS) is 13.5. The molecule has 0 saturated carbocycles. The molecule has 0 saturated heterocycles. The lowest BCUT2D eigenvalue weighted by molar-refractivity contribution is 0.0284. The summed E-state index contributed by atoms with van der Waals surface area (Å²) in [4.78, 5) is 0. The van der Waals surface area contributed by atoms with Gasteiger partial charge in [0, 0.05) is 6.54 Å². The highest BCUT2D eigenvalue weighted by molar-refractivity contribution is 5.42. The van der Waals surface area contributed by atoms with Crippen LogP contribution in [0.5, 0.6) is 11.5 Å². The molecule has 0 fully saturated rings. The maximum Gasteiger partial charge on any atom is 0.161 e. The molecule has 5 nitrogen and oxygen atoms in total. The zero-order chi connectivity index (χ0) is 18.5. The molecule has 0 aliphatic carbocycles. The monoisotopic (exact) mass is 353 g/mol. The van der Waals surface area contributed by atoms with Crippen LogP contribution in [0, 0.1) is 5.92 Å². The van der Waals surface area contributed by atoms with Crippen LogP contribution in [0.3, 0.4) is 0 Å². The van der Waals surface area contributed by atoms with Crippen LogP contribution >= 0.6 is 0 Å². The van der Waals surface area contributed by atoms with Crippen molar-refractivity contribution in [2.75, 3.05) is 33.9 Å². The van der Waals surface area contributed by atoms with Gasteiger partial charge in [0.2, 0.25) is 0 Å². The van der Waals surface area contributed by atoms with Crippen LogP contribution in [0.2, 0.25) is 0 Å². The van der Waals surface area contributed by atoms with Crippen molar-refractivity contribution in [1.29, 1.82) is 0 Å². The number of aliphatic hydroxyl groups excluding tert-OH is 1. The zero-order valence-electron chi connectivity index (χ0n) is 16.2. The van der Waals surface area contributed by atoms with Gasteiger partial charge in [-0.15, -0.1) is 0 Å². The van der Waals surface area contributed by atoms with E-state index in [2.05, 4.69) is 19.2 Å². The molecule has 2 atom stereocenters. The highest BCUT2D eigenvalue weighted by atomic mass is 16.5. The van der Waals surface area contributed by atoms with Gasteiger partial charge in [0.25, 0.3) is 0 Å². The van der Waals surface area contributed by atoms with Crippen molar-refractivity contribution >= 4 is 0 Å². The van der Waals surface area contributed by atoms with E-state index in [1.807, 2.05) is 18.2 Å². The predicted molar refractivity (Wildman–Crippen MR) is 101 cm³/mol. The van der Waals surface area contributed by atoms with Crippen molar-refractivity contribution in [3.05, 3.63) is 23.8 Å². The van der Waals surface area contributed by atoms with Gasteiger partial charge in [0.05, 0.1) is 33.5 Å². The smallest absolute Gasteiger partial charge is 0.161 e. The first kappa shape index (κ1) is 21.7. The van der Waals surface area contributed by atoms with Crippen LogP contribution in [0.25, 0.3) is 0 Å². The molecule has 0 aliphatic rings. The Morgan fingerprint density at radius 2 is 1.84 bits per heavy atom. The van der Waals surface area contributed by atoms with Gasteiger partial charge in [0.1, 0.15) is 0 Å². The SMILES string of the molecule is CCCC[C@H](CC)CNC[C@@H](O)COCc1ccc(OC)c(OC)c1. The molecule has 0 bridgehead atoms. The number of methoxy groups -OCH3 is 2. The van der Waals surface area contributed by atoms with Crippen molar-refractivity contribution in [3.63, 3.8) is 0 Å². The van der Waals surface area contributed by atoms with Crippen LogP contribution in [0.15, 0.2) is 18.2 Å². The summed E-state index contributed by atoms with van der Waals surface area (Å²) in [6.07, 6.45) is 4.45. The fraction of sp³-hybridized carbons (Fsp3) is 0.700. The Morgan fingerprint density at radius 3 is 2.48 bits per heavy atom. The summed E-state index contributed by atoms with van der Waals surface area (Å²) in [7, 11) is 3.23. The van der Waals surface area contributed by atoms with Crippen LogP contribution in [-0.4, -0.2) is 45.1 Å². The van der Waals surface area contributed by atoms with Crippen LogP contribution < -0.4 is 14.8 Å². The van der Waals surface area contributed by atoms with E-state index in [-0.39, 0.29) is 0 Å². The third kappa shape index (κ3) is 8.56. The summed E-state index contributed by atoms with van der Waals surface area (Å²) < 4.78 is 16.1. The minimum absolute atomic E-state index is 0.313. The summed E-state index contributed by atoms with van der Waals surface area (Å²) in [6, 6.07) is 5.69. The first-order valence-corrected chi connectivity index (χ1v) is 9.31. The molecule has 0 amide bonds. The topological polar surface area (TPSA) is 60.0 Å². The molecule has 0 radical (unpaired) electrons. The Hall–Kier alpha value is -1.30. The number of hydrogen-bond acceptors (Lipinski definition) is 5. The Bertz CT molecular complexity index is 467. The van der Waals surface area contributed by atoms with Gasteiger partial charge in [-0.1, -0.05) is 39.2 Å². The number of benzene rings is 1. The summed E-state index contributed by atoms with van der Waals surface area (Å²) in [5, 5.41) is 13.4. The van der Waals surface area contributed by atoms with Gasteiger partial charge in [-0.3, -0.25) is 0 Å². The van der Waals surface area contributed by atoms with Crippen LogP contribution in [-0.2, 0) is 11.3 Å². The largest absolute Gasteiger partial charge is 0.493 e. The fourth-order valence-corrected chi connectivity index (χ4v) is 2.74. The van der Waals surface area contributed by atoms with Crippen molar-refractivity contribution < 1.29 is 19.3 Å². The molecule has 0 spiro atoms. The molecular formula is C20H35NO4. The van der Waals surface area contributed by atoms with Gasteiger partial charge in [-0.2, -0.15) is 0 Å². The lowest BCUT2D eigenvalue weighted by atomic mass is 9.99. The molecule has 0 heterocycles. The third-order valence-corrected chi connectivity index (χ3v) is 4.38. The van der Waals surface area contributed by atoms with Gasteiger partial charge in [0.15, 0.2) is 11.5 Å². The number of aliphatic hydroxyl groups is 1. The maximum atomic E-state index is 10.0. The summed E-state index contributed by atoms with van der Waals surface area (Å²) in [6.45, 7) is 6.72. The Labute approximate surface area is 152 Å². The molecule has 144 valence electrons. The van der Waals surface area contributed by atoms with E-state index in [4.69, 9.17) is 14.2 Å². The molecule has 2 N–H and O–H groups in total. The van der Waals surface area contributed by atoms with Crippen molar-refractivity contribution in [2.24, 2.45) is 5.92 Å². The molecule has 0 aliphatic heterocycles. The van der Waals surface area contributed by atoms with Crippen molar-refractivity contribution in [2.45, 2.75) is 52.2 Å². The molecule has 0 aromatic heterocycles. The third-order valence-electron chi connectivity index (χ3n) is 4.38. The molecule has 1 aromatic carbocycles. The number of ether oxygens (including phenoxy) is 3. The van der Waals surface area contributed by atoms with Crippen LogP contribution in [0.1, 0.15) is 45.1 Å². The van der Waals surface area contributed by atoms with Crippen molar-refractivity contribution in [3.8, 4) is 11.5 Å². The van der Waals surface area contributed by atoms with E-state index in [0.717, 1.165) is 12.1 Å². The second-order valence-electron chi connectivity index (χ2n) is 6.43. The van der Waals surface area contributed by atoms with Crippen LogP contribution in [0.4, 0.5) is 0 Å². The highest BCUT2D eigenvalue weighted by Crippen LogP contribution is 2.27. The van der Waals surface area contributed by atoms with Crippen molar-refractivity contribution in [1.82, 2.24) is 5.32 Å². The van der Waals surface area contributed by atoms with E-state index in [0.29, 0.717) is 37.2 Å². The first-order chi connectivity index (χ1) is 12.1. The maximum absolute atomic E-state index is 10.0. The summed E-state index contributed by atoms with van der Waals surface area (Å²) in [5.74, 6) is 2.08. The molecule has 1 aromatic rings. The second-order valence-corrected chi connectivity index (χ2v) is 6.43. The van der Waals surface area contributed by atoms with E-state index in [9.17, 15) is 5.11 Å². The Morgan fingerprint density at radius 1 is 1.08 bits per heavy atom. The van der Waals surface area contributed by atoms with E-state index in [1.54, 1.807) is 14.2 Å². The number of unbranched alkanes of at least 4 members (excludes halogenated alkanes) is 1. The van der Waals surface area contributed by atoms with E-state index in [1.165, 1.54) is 25.7 Å². The van der Waals surface area contributed by atoms with Gasteiger partial charge in [-0.05, 0) is 36.6 Å². The quantitative estimate of drug-likeness (QED) is 0.537. The number of rotatable bonds is 14. The number of nitrogens with one attached hydrogen (secondary N) is 1. The van der Waals surface area contributed by atoms with Gasteiger partial charge >= 0.3 is 0 Å². The molecule has 1 rings (SSSR count). The lowest BCUT2D eigenvalue weighted by Crippen LogP contribution is -2.33. The average Bonchev–Trinajstić information content (AvgIpc) is 2.64. The molecule has 5 heteroatoms. The van der Waals surface area contributed by atoms with E-state index >= 15 is 0 Å². The fourth-order valence-electron chi connectivity index (χ4n) is 2.74. The van der Waals surface area contributed by atoms with E-state index < -0.39 is 6.10 Å². The van der Waals surface area contributed by atoms with Gasteiger partial charge in [-0.25, -0.2) is 0 Å². The summed E-state index contributed by atoms with van der Waals surface area (Å²) in [5.41, 5.74) is 0.989. The Kier molecular flexibility index (Phi) is 11.3. The minimum atomic E-state index is -0.496. The van der Waals surface area contributed by atoms with Gasteiger partial charge < -0.3 is 24.6 Å². The Balaban J connectivity index is 2.25. The molecule has 0 unspecified atom stereocenters. The summed E-state index contributed by atoms with van der Waals surface area (Å²) >= 11 is 0. The molecular weight excluding hydrogens is 318 g/mol.